The fourth-order valence-electron chi connectivity index (χ4n) is 2.85. The Balaban J connectivity index is 1.49. The molecule has 0 aliphatic carbocycles. The number of hydrogen-bond acceptors (Lipinski definition) is 6. The number of aromatic nitrogens is 6. The molecule has 4 aromatic heterocycles. The molecule has 8 nitrogen and oxygen atoms in total. The molecule has 0 saturated heterocycles. The third kappa shape index (κ3) is 3.64. The molecule has 0 aliphatic rings. The fraction of sp³-hybridized carbons (Fsp3) is 0.167. The Labute approximate surface area is 169 Å². The van der Waals surface area contributed by atoms with Gasteiger partial charge in [-0.2, -0.15) is 10.2 Å². The van der Waals surface area contributed by atoms with Gasteiger partial charge < -0.3 is 5.32 Å². The minimum absolute atomic E-state index is 0.0573. The summed E-state index contributed by atoms with van der Waals surface area (Å²) in [6.45, 7) is 3.96. The molecular weight excluding hydrogens is 394 g/mol. The molecule has 2 N–H and O–H groups in total. The molecule has 10 heteroatoms. The molecule has 0 aliphatic heterocycles. The van der Waals surface area contributed by atoms with E-state index in [-0.39, 0.29) is 12.5 Å². The molecule has 0 bridgehead atoms. The molecule has 0 fully saturated rings. The molecule has 0 radical (unpaired) electrons. The Bertz CT molecular complexity index is 1170. The van der Waals surface area contributed by atoms with Crippen molar-refractivity contribution in [3.63, 3.8) is 0 Å². The number of nitrogens with zero attached hydrogens (tertiary/aromatic N) is 5. The molecule has 4 heterocycles. The van der Waals surface area contributed by atoms with Gasteiger partial charge in [0, 0.05) is 5.69 Å². The van der Waals surface area contributed by atoms with Crippen LogP contribution in [-0.2, 0) is 11.3 Å². The quantitative estimate of drug-likeness (QED) is 0.490. The Hall–Kier alpha value is -3.11. The summed E-state index contributed by atoms with van der Waals surface area (Å²) in [6, 6.07) is 9.46. The number of carbonyl (C=O) groups excluding carboxylic acids is 1. The molecule has 142 valence electrons. The Morgan fingerprint density at radius 3 is 2.82 bits per heavy atom. The molecule has 28 heavy (non-hydrogen) atoms. The summed E-state index contributed by atoms with van der Waals surface area (Å²) in [6.07, 6.45) is 1.61. The van der Waals surface area contributed by atoms with Gasteiger partial charge in [-0.25, -0.2) is 9.67 Å². The first-order valence-electron chi connectivity index (χ1n) is 8.50. The molecule has 0 unspecified atom stereocenters. The van der Waals surface area contributed by atoms with Crippen molar-refractivity contribution in [2.75, 3.05) is 5.32 Å². The number of nitrogens with one attached hydrogen (secondary N) is 2. The molecule has 0 spiro atoms. The number of rotatable bonds is 5. The van der Waals surface area contributed by atoms with Crippen LogP contribution >= 0.6 is 23.6 Å². The first-order chi connectivity index (χ1) is 13.5. The van der Waals surface area contributed by atoms with E-state index in [1.54, 1.807) is 21.5 Å². The van der Waals surface area contributed by atoms with Gasteiger partial charge in [0.05, 0.1) is 22.5 Å². The molecule has 4 aromatic rings. The zero-order chi connectivity index (χ0) is 19.7. The number of hydrogen-bond donors (Lipinski definition) is 2. The van der Waals surface area contributed by atoms with Crippen LogP contribution in [0.2, 0.25) is 0 Å². The molecule has 0 atom stereocenters. The predicted octanol–water partition coefficient (Wildman–Crippen LogP) is 3.51. The van der Waals surface area contributed by atoms with E-state index in [4.69, 9.17) is 12.2 Å². The molecule has 1 amide bonds. The van der Waals surface area contributed by atoms with Crippen LogP contribution in [-0.4, -0.2) is 35.4 Å². The van der Waals surface area contributed by atoms with Crippen LogP contribution in [0.3, 0.4) is 0 Å². The third-order valence-electron chi connectivity index (χ3n) is 4.06. The highest BCUT2D eigenvalue weighted by Crippen LogP contribution is 2.22. The maximum atomic E-state index is 12.5. The molecule has 4 rings (SSSR count). The Morgan fingerprint density at radius 1 is 1.32 bits per heavy atom. The lowest BCUT2D eigenvalue weighted by Crippen LogP contribution is -2.19. The van der Waals surface area contributed by atoms with Crippen LogP contribution in [0.1, 0.15) is 11.4 Å². The van der Waals surface area contributed by atoms with E-state index in [9.17, 15) is 4.79 Å². The number of H-pyrrole nitrogens is 1. The van der Waals surface area contributed by atoms with Crippen molar-refractivity contribution >= 4 is 35.1 Å². The predicted molar refractivity (Wildman–Crippen MR) is 110 cm³/mol. The Kier molecular flexibility index (Phi) is 4.88. The second-order valence-electron chi connectivity index (χ2n) is 6.21. The first-order valence-corrected chi connectivity index (χ1v) is 9.78. The van der Waals surface area contributed by atoms with E-state index in [2.05, 4.69) is 25.6 Å². The number of amides is 1. The molecule has 0 saturated carbocycles. The number of thiophene rings is 1. The second-order valence-corrected chi connectivity index (χ2v) is 7.54. The van der Waals surface area contributed by atoms with Crippen LogP contribution < -0.4 is 5.32 Å². The number of carbonyl (C=O) groups is 1. The number of aryl methyl sites for hydroxylation is 2. The van der Waals surface area contributed by atoms with Crippen LogP contribution in [0.15, 0.2) is 41.9 Å². The van der Waals surface area contributed by atoms with Crippen LogP contribution in [0.5, 0.6) is 0 Å². The topological polar surface area (TPSA) is 93.4 Å². The van der Waals surface area contributed by atoms with Crippen LogP contribution in [0, 0.1) is 18.6 Å². The monoisotopic (exact) mass is 411 g/mol. The van der Waals surface area contributed by atoms with Gasteiger partial charge >= 0.3 is 0 Å². The van der Waals surface area contributed by atoms with Crippen molar-refractivity contribution in [1.82, 2.24) is 29.5 Å². The average molecular weight is 412 g/mol. The van der Waals surface area contributed by atoms with Gasteiger partial charge in [0.15, 0.2) is 16.4 Å². The van der Waals surface area contributed by atoms with E-state index in [1.165, 1.54) is 11.3 Å². The van der Waals surface area contributed by atoms with Gasteiger partial charge in [-0.05, 0) is 55.7 Å². The summed E-state index contributed by atoms with van der Waals surface area (Å²) in [5, 5.41) is 16.2. The van der Waals surface area contributed by atoms with Gasteiger partial charge in [-0.1, -0.05) is 6.07 Å². The number of aromatic amines is 1. The van der Waals surface area contributed by atoms with E-state index >= 15 is 0 Å². The molecular formula is C18H17N7OS2. The van der Waals surface area contributed by atoms with E-state index in [0.29, 0.717) is 22.1 Å². The number of pyridine rings is 1. The van der Waals surface area contributed by atoms with E-state index < -0.39 is 0 Å². The zero-order valence-corrected chi connectivity index (χ0v) is 16.8. The van der Waals surface area contributed by atoms with Crippen molar-refractivity contribution < 1.29 is 4.79 Å². The van der Waals surface area contributed by atoms with Gasteiger partial charge in [0.25, 0.3) is 0 Å². The van der Waals surface area contributed by atoms with Crippen molar-refractivity contribution in [3.8, 4) is 16.5 Å². The van der Waals surface area contributed by atoms with Crippen molar-refractivity contribution in [2.24, 2.45) is 0 Å². The Morgan fingerprint density at radius 2 is 2.18 bits per heavy atom. The lowest BCUT2D eigenvalue weighted by Gasteiger charge is -2.08. The van der Waals surface area contributed by atoms with Gasteiger partial charge in [-0.3, -0.25) is 14.5 Å². The highest BCUT2D eigenvalue weighted by Gasteiger charge is 2.13. The van der Waals surface area contributed by atoms with Gasteiger partial charge in [-0.15, -0.1) is 11.3 Å². The highest BCUT2D eigenvalue weighted by molar-refractivity contribution is 7.71. The van der Waals surface area contributed by atoms with E-state index in [1.807, 2.05) is 43.5 Å². The third-order valence-corrected chi connectivity index (χ3v) is 5.24. The lowest BCUT2D eigenvalue weighted by atomic mass is 10.3. The summed E-state index contributed by atoms with van der Waals surface area (Å²) in [4.78, 5) is 17.8. The van der Waals surface area contributed by atoms with Gasteiger partial charge in [0.1, 0.15) is 6.54 Å². The summed E-state index contributed by atoms with van der Waals surface area (Å²) in [7, 11) is 0. The summed E-state index contributed by atoms with van der Waals surface area (Å²) in [5.74, 6) is 1.13. The fourth-order valence-corrected chi connectivity index (χ4v) is 3.77. The highest BCUT2D eigenvalue weighted by atomic mass is 32.1. The van der Waals surface area contributed by atoms with Gasteiger partial charge in [0.2, 0.25) is 5.91 Å². The minimum atomic E-state index is -0.212. The maximum Gasteiger partial charge on any atom is 0.244 e. The zero-order valence-electron chi connectivity index (χ0n) is 15.2. The standard InChI is InChI=1S/C18H17N7OS2/c1-11-8-12(2)25(23-11)15-6-5-13(9-19-15)20-16(26)10-24-17(21-22-18(24)27)14-4-3-7-28-14/h3-9H,10H2,1-2H3,(H,20,26)(H,22,27). The van der Waals surface area contributed by atoms with Crippen LogP contribution in [0.4, 0.5) is 5.69 Å². The first kappa shape index (κ1) is 18.3. The maximum absolute atomic E-state index is 12.5. The molecule has 0 aromatic carbocycles. The summed E-state index contributed by atoms with van der Waals surface area (Å²) < 4.78 is 3.84. The van der Waals surface area contributed by atoms with Crippen LogP contribution in [0.25, 0.3) is 16.5 Å². The normalized spacial score (nSPS) is 10.9. The van der Waals surface area contributed by atoms with Crippen molar-refractivity contribution in [2.45, 2.75) is 20.4 Å². The second kappa shape index (κ2) is 7.49. The smallest absolute Gasteiger partial charge is 0.244 e. The summed E-state index contributed by atoms with van der Waals surface area (Å²) in [5.41, 5.74) is 2.52. The average Bonchev–Trinajstić information content (AvgIpc) is 3.38. The van der Waals surface area contributed by atoms with Crippen molar-refractivity contribution in [1.29, 1.82) is 0 Å². The summed E-state index contributed by atoms with van der Waals surface area (Å²) >= 11 is 6.80. The minimum Gasteiger partial charge on any atom is -0.323 e. The number of anilines is 1. The SMILES string of the molecule is Cc1cc(C)n(-c2ccc(NC(=O)Cn3c(-c4cccs4)n[nH]c3=S)cn2)n1. The lowest BCUT2D eigenvalue weighted by molar-refractivity contribution is -0.116. The van der Waals surface area contributed by atoms with Crippen molar-refractivity contribution in [3.05, 3.63) is 58.1 Å². The van der Waals surface area contributed by atoms with E-state index in [0.717, 1.165) is 16.3 Å². The largest absolute Gasteiger partial charge is 0.323 e.